The van der Waals surface area contributed by atoms with Crippen LogP contribution in [0.1, 0.15) is 21.6 Å². The molecule has 1 heterocycles. The van der Waals surface area contributed by atoms with Crippen molar-refractivity contribution in [2.45, 2.75) is 0 Å². The van der Waals surface area contributed by atoms with E-state index in [-0.39, 0.29) is 11.3 Å². The van der Waals surface area contributed by atoms with Crippen LogP contribution in [0.15, 0.2) is 66.9 Å². The summed E-state index contributed by atoms with van der Waals surface area (Å²) in [6, 6.07) is 17.8. The average Bonchev–Trinajstić information content (AvgIpc) is 3.14. The molecule has 1 N–H and O–H groups in total. The van der Waals surface area contributed by atoms with Crippen LogP contribution in [0.5, 0.6) is 0 Å². The molecular weight excluding hydrogens is 346 g/mol. The molecule has 0 saturated carbocycles. The largest absolute Gasteiger partial charge is 0.478 e. The van der Waals surface area contributed by atoms with Gasteiger partial charge in [0.05, 0.1) is 27.8 Å². The molecule has 0 atom stereocenters. The van der Waals surface area contributed by atoms with Gasteiger partial charge in [-0.2, -0.15) is 5.26 Å². The van der Waals surface area contributed by atoms with Gasteiger partial charge >= 0.3 is 5.97 Å². The molecule has 0 spiro atoms. The quantitative estimate of drug-likeness (QED) is 0.418. The summed E-state index contributed by atoms with van der Waals surface area (Å²) in [4.78, 5) is 21.5. The molecular formula is C20H13N3O4. The summed E-state index contributed by atoms with van der Waals surface area (Å²) < 4.78 is 1.73. The van der Waals surface area contributed by atoms with Crippen LogP contribution in [-0.4, -0.2) is 20.6 Å². The smallest absolute Gasteiger partial charge is 0.335 e. The second-order valence-electron chi connectivity index (χ2n) is 5.63. The van der Waals surface area contributed by atoms with Crippen LogP contribution in [0.25, 0.3) is 17.3 Å². The van der Waals surface area contributed by atoms with Crippen molar-refractivity contribution in [3.8, 4) is 11.8 Å². The lowest BCUT2D eigenvalue weighted by atomic mass is 10.0. The number of allylic oxidation sites excluding steroid dienone is 1. The Kier molecular flexibility index (Phi) is 4.82. The zero-order chi connectivity index (χ0) is 19.4. The van der Waals surface area contributed by atoms with Crippen LogP contribution in [-0.2, 0) is 0 Å². The summed E-state index contributed by atoms with van der Waals surface area (Å²) >= 11 is 0. The maximum atomic E-state index is 11.0. The summed E-state index contributed by atoms with van der Waals surface area (Å²) in [5.74, 6) is -1.04. The highest BCUT2D eigenvalue weighted by Crippen LogP contribution is 2.23. The molecule has 0 bridgehead atoms. The monoisotopic (exact) mass is 359 g/mol. The predicted octanol–water partition coefficient (Wildman–Crippen LogP) is 4.15. The third-order valence-corrected chi connectivity index (χ3v) is 3.95. The van der Waals surface area contributed by atoms with E-state index in [1.807, 2.05) is 0 Å². The van der Waals surface area contributed by atoms with E-state index in [0.717, 1.165) is 0 Å². The Hall–Kier alpha value is -4.18. The van der Waals surface area contributed by atoms with E-state index >= 15 is 0 Å². The molecule has 7 nitrogen and oxygen atoms in total. The Balaban J connectivity index is 2.01. The first-order valence-electron chi connectivity index (χ1n) is 7.87. The number of carboxylic acids is 1. The first-order chi connectivity index (χ1) is 13.0. The fourth-order valence-corrected chi connectivity index (χ4v) is 2.62. The molecule has 0 fully saturated rings. The summed E-state index contributed by atoms with van der Waals surface area (Å²) in [5.41, 5.74) is 2.29. The van der Waals surface area contributed by atoms with Crippen molar-refractivity contribution in [3.05, 3.63) is 93.8 Å². The number of nitriles is 1. The molecule has 0 aliphatic heterocycles. The number of carbonyl (C=O) groups is 1. The number of carboxylic acid groups (broad SMARTS) is 1. The van der Waals surface area contributed by atoms with Crippen molar-refractivity contribution in [1.82, 2.24) is 4.57 Å². The summed E-state index contributed by atoms with van der Waals surface area (Å²) in [7, 11) is 0. The molecule has 7 heteroatoms. The summed E-state index contributed by atoms with van der Waals surface area (Å²) in [6.45, 7) is 0. The molecule has 3 rings (SSSR count). The van der Waals surface area contributed by atoms with Crippen molar-refractivity contribution >= 4 is 23.3 Å². The molecule has 0 unspecified atom stereocenters. The highest BCUT2D eigenvalue weighted by molar-refractivity contribution is 5.92. The molecule has 0 amide bonds. The van der Waals surface area contributed by atoms with E-state index in [4.69, 9.17) is 5.11 Å². The Morgan fingerprint density at radius 2 is 1.81 bits per heavy atom. The lowest BCUT2D eigenvalue weighted by Crippen LogP contribution is -1.97. The fraction of sp³-hybridized carbons (Fsp3) is 0. The van der Waals surface area contributed by atoms with Crippen LogP contribution in [0.3, 0.4) is 0 Å². The Bertz CT molecular complexity index is 1090. The number of nitro benzene ring substituents is 1. The number of hydrogen-bond donors (Lipinski definition) is 1. The number of nitro groups is 1. The first-order valence-corrected chi connectivity index (χ1v) is 7.87. The minimum absolute atomic E-state index is 0.0269. The number of rotatable bonds is 5. The zero-order valence-corrected chi connectivity index (χ0v) is 13.9. The maximum absolute atomic E-state index is 11.0. The fourth-order valence-electron chi connectivity index (χ4n) is 2.62. The Morgan fingerprint density at radius 3 is 2.44 bits per heavy atom. The van der Waals surface area contributed by atoms with Crippen LogP contribution in [0, 0.1) is 21.4 Å². The van der Waals surface area contributed by atoms with Gasteiger partial charge in [0.2, 0.25) is 0 Å². The number of aromatic carboxylic acids is 1. The lowest BCUT2D eigenvalue weighted by molar-refractivity contribution is -0.384. The molecule has 0 aliphatic carbocycles. The van der Waals surface area contributed by atoms with E-state index in [1.54, 1.807) is 53.2 Å². The van der Waals surface area contributed by atoms with Crippen molar-refractivity contribution in [2.24, 2.45) is 0 Å². The summed E-state index contributed by atoms with van der Waals surface area (Å²) in [5, 5.41) is 29.5. The van der Waals surface area contributed by atoms with E-state index in [1.165, 1.54) is 24.3 Å². The molecule has 132 valence electrons. The Labute approximate surface area is 154 Å². The minimum atomic E-state index is -1.04. The van der Waals surface area contributed by atoms with Gasteiger partial charge in [-0.05, 0) is 42.0 Å². The SMILES string of the molecule is N#C/C(=C/c1cccn1-c1cccc([N+](=O)[O-])c1)c1ccc(C(=O)O)cc1. The summed E-state index contributed by atoms with van der Waals surface area (Å²) in [6.07, 6.45) is 3.39. The van der Waals surface area contributed by atoms with Crippen LogP contribution in [0.4, 0.5) is 5.69 Å². The highest BCUT2D eigenvalue weighted by atomic mass is 16.6. The molecule has 1 aromatic heterocycles. The van der Waals surface area contributed by atoms with Gasteiger partial charge in [-0.15, -0.1) is 0 Å². The second kappa shape index (κ2) is 7.37. The number of nitrogens with zero attached hydrogens (tertiary/aromatic N) is 3. The molecule has 3 aromatic rings. The molecule has 0 saturated heterocycles. The van der Waals surface area contributed by atoms with Gasteiger partial charge in [0.15, 0.2) is 0 Å². The third kappa shape index (κ3) is 3.75. The van der Waals surface area contributed by atoms with Gasteiger partial charge in [-0.1, -0.05) is 18.2 Å². The van der Waals surface area contributed by atoms with Crippen LogP contribution in [0.2, 0.25) is 0 Å². The third-order valence-electron chi connectivity index (χ3n) is 3.95. The van der Waals surface area contributed by atoms with Gasteiger partial charge in [0.25, 0.3) is 5.69 Å². The van der Waals surface area contributed by atoms with E-state index in [0.29, 0.717) is 22.5 Å². The van der Waals surface area contributed by atoms with Gasteiger partial charge in [-0.3, -0.25) is 10.1 Å². The average molecular weight is 359 g/mol. The first kappa shape index (κ1) is 17.6. The van der Waals surface area contributed by atoms with Crippen molar-refractivity contribution in [3.63, 3.8) is 0 Å². The second-order valence-corrected chi connectivity index (χ2v) is 5.63. The molecule has 0 radical (unpaired) electrons. The molecule has 2 aromatic carbocycles. The number of non-ortho nitro benzene ring substituents is 1. The van der Waals surface area contributed by atoms with Crippen molar-refractivity contribution in [2.75, 3.05) is 0 Å². The zero-order valence-electron chi connectivity index (χ0n) is 13.9. The topological polar surface area (TPSA) is 109 Å². The van der Waals surface area contributed by atoms with E-state index in [9.17, 15) is 20.2 Å². The van der Waals surface area contributed by atoms with Gasteiger partial charge in [-0.25, -0.2) is 4.79 Å². The molecule has 0 aliphatic rings. The van der Waals surface area contributed by atoms with Gasteiger partial charge < -0.3 is 9.67 Å². The predicted molar refractivity (Wildman–Crippen MR) is 99.3 cm³/mol. The normalized spacial score (nSPS) is 11.0. The van der Waals surface area contributed by atoms with E-state index < -0.39 is 10.9 Å². The standard InChI is InChI=1S/C20H13N3O4/c21-13-16(14-6-8-15(9-7-14)20(24)25)11-17-5-2-10-22(17)18-3-1-4-19(12-18)23(26)27/h1-12H,(H,24,25)/b16-11-. The maximum Gasteiger partial charge on any atom is 0.335 e. The van der Waals surface area contributed by atoms with E-state index in [2.05, 4.69) is 6.07 Å². The van der Waals surface area contributed by atoms with Gasteiger partial charge in [0, 0.05) is 24.0 Å². The number of hydrogen-bond acceptors (Lipinski definition) is 4. The van der Waals surface area contributed by atoms with Crippen molar-refractivity contribution in [1.29, 1.82) is 5.26 Å². The molecule has 27 heavy (non-hydrogen) atoms. The van der Waals surface area contributed by atoms with Crippen LogP contribution >= 0.6 is 0 Å². The van der Waals surface area contributed by atoms with Crippen molar-refractivity contribution < 1.29 is 14.8 Å². The highest BCUT2D eigenvalue weighted by Gasteiger charge is 2.10. The van der Waals surface area contributed by atoms with Gasteiger partial charge in [0.1, 0.15) is 0 Å². The van der Waals surface area contributed by atoms with Crippen LogP contribution < -0.4 is 0 Å². The Morgan fingerprint density at radius 1 is 1.11 bits per heavy atom. The minimum Gasteiger partial charge on any atom is -0.478 e. The number of aromatic nitrogens is 1. The number of benzene rings is 2. The lowest BCUT2D eigenvalue weighted by Gasteiger charge is -2.07.